The number of rotatable bonds is 6. The Morgan fingerprint density at radius 2 is 1.93 bits per heavy atom. The van der Waals surface area contributed by atoms with Gasteiger partial charge in [-0.3, -0.25) is 4.79 Å². The first-order valence-electron chi connectivity index (χ1n) is 10.1. The van der Waals surface area contributed by atoms with Crippen molar-refractivity contribution in [3.05, 3.63) is 59.7 Å². The maximum atomic E-state index is 12.7. The summed E-state index contributed by atoms with van der Waals surface area (Å²) in [7, 11) is 0. The van der Waals surface area contributed by atoms with Crippen LogP contribution in [0.25, 0.3) is 0 Å². The summed E-state index contributed by atoms with van der Waals surface area (Å²) in [5.74, 6) is 0.169. The van der Waals surface area contributed by atoms with Crippen LogP contribution in [-0.2, 0) is 20.7 Å². The van der Waals surface area contributed by atoms with E-state index < -0.39 is 5.97 Å². The van der Waals surface area contributed by atoms with Crippen molar-refractivity contribution < 1.29 is 19.1 Å². The van der Waals surface area contributed by atoms with Gasteiger partial charge < -0.3 is 14.4 Å². The van der Waals surface area contributed by atoms with Crippen LogP contribution >= 0.6 is 11.8 Å². The van der Waals surface area contributed by atoms with E-state index in [2.05, 4.69) is 0 Å². The van der Waals surface area contributed by atoms with Crippen molar-refractivity contribution in [3.63, 3.8) is 0 Å². The fourth-order valence-electron chi connectivity index (χ4n) is 3.80. The first-order chi connectivity index (χ1) is 14.2. The maximum absolute atomic E-state index is 12.7. The number of anilines is 1. The molecule has 5 nitrogen and oxygen atoms in total. The number of amides is 1. The van der Waals surface area contributed by atoms with Crippen LogP contribution in [0.2, 0.25) is 0 Å². The zero-order valence-corrected chi connectivity index (χ0v) is 17.2. The first-order valence-corrected chi connectivity index (χ1v) is 11.1. The molecule has 152 valence electrons. The molecule has 0 spiro atoms. The zero-order chi connectivity index (χ0) is 20.1. The predicted molar refractivity (Wildman–Crippen MR) is 114 cm³/mol. The summed E-state index contributed by atoms with van der Waals surface area (Å²) in [6.45, 7) is 1.22. The molecule has 4 rings (SSSR count). The average molecular weight is 412 g/mol. The summed E-state index contributed by atoms with van der Waals surface area (Å²) in [6.07, 6.45) is 4.28. The van der Waals surface area contributed by atoms with E-state index >= 15 is 0 Å². The van der Waals surface area contributed by atoms with Crippen molar-refractivity contribution in [1.29, 1.82) is 0 Å². The molecule has 0 aromatic heterocycles. The highest BCUT2D eigenvalue weighted by atomic mass is 32.2. The number of para-hydroxylation sites is 1. The number of hydrogen-bond donors (Lipinski definition) is 0. The third-order valence-electron chi connectivity index (χ3n) is 5.29. The molecule has 0 radical (unpaired) electrons. The highest BCUT2D eigenvalue weighted by Crippen LogP contribution is 2.28. The Morgan fingerprint density at radius 1 is 1.10 bits per heavy atom. The standard InChI is InChI=1S/C23H25NO4S/c25-22(24-13-5-8-17-7-1-3-11-20(17)24)15-28-23(26)19-10-2-4-12-21(19)29-16-18-9-6-14-27-18/h1-4,7,10-12,18H,5-6,8-9,13-16H2/t18-/m1/s1. The van der Waals surface area contributed by atoms with Crippen LogP contribution in [0, 0.1) is 0 Å². The highest BCUT2D eigenvalue weighted by Gasteiger charge is 2.24. The number of carbonyl (C=O) groups is 2. The van der Waals surface area contributed by atoms with Gasteiger partial charge >= 0.3 is 5.97 Å². The van der Waals surface area contributed by atoms with Crippen molar-refractivity contribution in [2.45, 2.75) is 36.7 Å². The minimum Gasteiger partial charge on any atom is -0.452 e. The van der Waals surface area contributed by atoms with Gasteiger partial charge in [0.1, 0.15) is 0 Å². The molecular formula is C23H25NO4S. The summed E-state index contributed by atoms with van der Waals surface area (Å²) in [6, 6.07) is 15.3. The molecule has 1 atom stereocenters. The fourth-order valence-corrected chi connectivity index (χ4v) is 4.91. The van der Waals surface area contributed by atoms with Crippen molar-refractivity contribution >= 4 is 29.3 Å². The van der Waals surface area contributed by atoms with Crippen molar-refractivity contribution in [2.24, 2.45) is 0 Å². The normalized spacial score (nSPS) is 18.3. The Hall–Kier alpha value is -2.31. The van der Waals surface area contributed by atoms with Crippen LogP contribution in [0.4, 0.5) is 5.69 Å². The Labute approximate surface area is 175 Å². The van der Waals surface area contributed by atoms with Crippen LogP contribution in [-0.4, -0.2) is 43.5 Å². The average Bonchev–Trinajstić information content (AvgIpc) is 3.29. The molecule has 2 heterocycles. The van der Waals surface area contributed by atoms with Crippen molar-refractivity contribution in [1.82, 2.24) is 0 Å². The number of carbonyl (C=O) groups excluding carboxylic acids is 2. The lowest BCUT2D eigenvalue weighted by Gasteiger charge is -2.29. The van der Waals surface area contributed by atoms with E-state index in [0.29, 0.717) is 12.1 Å². The third-order valence-corrected chi connectivity index (χ3v) is 6.50. The lowest BCUT2D eigenvalue weighted by Crippen LogP contribution is -2.38. The topological polar surface area (TPSA) is 55.8 Å². The fraction of sp³-hybridized carbons (Fsp3) is 0.391. The molecule has 1 saturated heterocycles. The summed E-state index contributed by atoms with van der Waals surface area (Å²) >= 11 is 1.60. The number of hydrogen-bond acceptors (Lipinski definition) is 5. The number of benzene rings is 2. The smallest absolute Gasteiger partial charge is 0.339 e. The van der Waals surface area contributed by atoms with Gasteiger partial charge in [0.15, 0.2) is 6.61 Å². The van der Waals surface area contributed by atoms with E-state index in [1.165, 1.54) is 0 Å². The van der Waals surface area contributed by atoms with Gasteiger partial charge in [-0.05, 0) is 49.4 Å². The molecular weight excluding hydrogens is 386 g/mol. The van der Waals surface area contributed by atoms with Crippen LogP contribution in [0.5, 0.6) is 0 Å². The van der Waals surface area contributed by atoms with Gasteiger partial charge in [-0.2, -0.15) is 0 Å². The van der Waals surface area contributed by atoms with Crippen LogP contribution < -0.4 is 4.90 Å². The number of nitrogens with zero attached hydrogens (tertiary/aromatic N) is 1. The number of thioether (sulfide) groups is 1. The van der Waals surface area contributed by atoms with E-state index in [0.717, 1.165) is 54.2 Å². The summed E-state index contributed by atoms with van der Waals surface area (Å²) in [5.41, 5.74) is 2.59. The van der Waals surface area contributed by atoms with Gasteiger partial charge in [-0.1, -0.05) is 30.3 Å². The van der Waals surface area contributed by atoms with Gasteiger partial charge in [-0.15, -0.1) is 11.8 Å². The Balaban J connectivity index is 1.37. The Kier molecular flexibility index (Phi) is 6.52. The molecule has 2 aromatic rings. The molecule has 0 bridgehead atoms. The van der Waals surface area contributed by atoms with E-state index in [1.807, 2.05) is 42.5 Å². The zero-order valence-electron chi connectivity index (χ0n) is 16.3. The Morgan fingerprint density at radius 3 is 2.79 bits per heavy atom. The highest BCUT2D eigenvalue weighted by molar-refractivity contribution is 7.99. The molecule has 1 fully saturated rings. The number of fused-ring (bicyclic) bond motifs is 1. The van der Waals surface area contributed by atoms with Gasteiger partial charge in [0.05, 0.1) is 11.7 Å². The molecule has 2 aliphatic heterocycles. The van der Waals surface area contributed by atoms with E-state index in [4.69, 9.17) is 9.47 Å². The monoisotopic (exact) mass is 411 g/mol. The maximum Gasteiger partial charge on any atom is 0.339 e. The van der Waals surface area contributed by atoms with Gasteiger partial charge in [0.2, 0.25) is 0 Å². The molecule has 2 aliphatic rings. The SMILES string of the molecule is O=C(OCC(=O)N1CCCc2ccccc21)c1ccccc1SC[C@H]1CCCO1. The second-order valence-corrected chi connectivity index (χ2v) is 8.36. The van der Waals surface area contributed by atoms with E-state index in [9.17, 15) is 9.59 Å². The molecule has 6 heteroatoms. The molecule has 29 heavy (non-hydrogen) atoms. The minimum absolute atomic E-state index is 0.185. The predicted octanol–water partition coefficient (Wildman–Crippen LogP) is 4.09. The summed E-state index contributed by atoms with van der Waals surface area (Å²) in [5, 5.41) is 0. The summed E-state index contributed by atoms with van der Waals surface area (Å²) in [4.78, 5) is 28.0. The number of esters is 1. The molecule has 1 amide bonds. The van der Waals surface area contributed by atoms with Gasteiger partial charge in [0.25, 0.3) is 5.91 Å². The molecule has 2 aromatic carbocycles. The molecule has 0 unspecified atom stereocenters. The lowest BCUT2D eigenvalue weighted by atomic mass is 10.0. The van der Waals surface area contributed by atoms with E-state index in [1.54, 1.807) is 22.7 Å². The quantitative estimate of drug-likeness (QED) is 0.529. The second kappa shape index (κ2) is 9.46. The second-order valence-electron chi connectivity index (χ2n) is 7.30. The van der Waals surface area contributed by atoms with Crippen LogP contribution in [0.3, 0.4) is 0 Å². The van der Waals surface area contributed by atoms with Gasteiger partial charge in [-0.25, -0.2) is 4.79 Å². The number of ether oxygens (including phenoxy) is 2. The van der Waals surface area contributed by atoms with Gasteiger partial charge in [0, 0.05) is 29.5 Å². The first kappa shape index (κ1) is 20.0. The summed E-state index contributed by atoms with van der Waals surface area (Å²) < 4.78 is 11.1. The Bertz CT molecular complexity index is 879. The molecule has 0 N–H and O–H groups in total. The van der Waals surface area contributed by atoms with Crippen LogP contribution in [0.1, 0.15) is 35.2 Å². The van der Waals surface area contributed by atoms with Crippen molar-refractivity contribution in [3.8, 4) is 0 Å². The largest absolute Gasteiger partial charge is 0.452 e. The minimum atomic E-state index is -0.459. The van der Waals surface area contributed by atoms with Crippen LogP contribution in [0.15, 0.2) is 53.4 Å². The lowest BCUT2D eigenvalue weighted by molar-refractivity contribution is -0.121. The number of aryl methyl sites for hydroxylation is 1. The molecule has 0 aliphatic carbocycles. The third kappa shape index (κ3) is 4.82. The molecule has 0 saturated carbocycles. The van der Waals surface area contributed by atoms with Crippen molar-refractivity contribution in [2.75, 3.05) is 30.4 Å². The van der Waals surface area contributed by atoms with E-state index in [-0.39, 0.29) is 18.6 Å².